The zero-order valence-electron chi connectivity index (χ0n) is 16.4. The smallest absolute Gasteiger partial charge is 0.242 e. The maximum Gasteiger partial charge on any atom is 0.242 e. The van der Waals surface area contributed by atoms with Gasteiger partial charge in [-0.1, -0.05) is 25.1 Å². The minimum Gasteiger partial charge on any atom is -0.508 e. The number of aryl methyl sites for hydroxylation is 2. The number of phenolic OH excluding ortho intramolecular Hbond substituents is 2. The molecule has 2 fully saturated rings. The Balaban J connectivity index is 1.82. The summed E-state index contributed by atoms with van der Waals surface area (Å²) in [5, 5.41) is 20.7. The van der Waals surface area contributed by atoms with Gasteiger partial charge < -0.3 is 15.1 Å². The molecule has 4 N–H and O–H groups in total. The monoisotopic (exact) mass is 381 g/mol. The first-order valence-corrected chi connectivity index (χ1v) is 9.83. The van der Waals surface area contributed by atoms with Crippen molar-refractivity contribution in [2.24, 2.45) is 5.92 Å². The fourth-order valence-electron chi connectivity index (χ4n) is 4.91. The second kappa shape index (κ2) is 7.11. The average Bonchev–Trinajstić information content (AvgIpc) is 3.15. The first-order chi connectivity index (χ1) is 13.4. The Kier molecular flexibility index (Phi) is 4.77. The normalized spacial score (nSPS) is 26.7. The van der Waals surface area contributed by atoms with E-state index in [2.05, 4.69) is 17.8 Å². The number of amides is 1. The molecule has 2 aliphatic rings. The van der Waals surface area contributed by atoms with Gasteiger partial charge in [0.2, 0.25) is 5.91 Å². The van der Waals surface area contributed by atoms with E-state index in [4.69, 9.17) is 0 Å². The Hall–Kier alpha value is -2.57. The molecule has 4 rings (SSSR count). The number of carbonyl (C=O) groups excluding carboxylic acids is 1. The fourth-order valence-corrected chi connectivity index (χ4v) is 4.91. The van der Waals surface area contributed by atoms with Gasteiger partial charge in [0.1, 0.15) is 17.5 Å². The van der Waals surface area contributed by atoms with Gasteiger partial charge in [0, 0.05) is 18.0 Å². The number of hydrazine groups is 1. The van der Waals surface area contributed by atoms with Crippen LogP contribution in [-0.2, 0) is 4.79 Å². The van der Waals surface area contributed by atoms with E-state index in [-0.39, 0.29) is 41.4 Å². The first-order valence-electron chi connectivity index (χ1n) is 9.83. The SMILES string of the molecule is CCCN1C(=O)C2NNC(c3c(C)cc(C)cc3O)C2C1c1cccc(O)c1. The van der Waals surface area contributed by atoms with E-state index < -0.39 is 0 Å². The molecule has 2 aliphatic heterocycles. The zero-order valence-corrected chi connectivity index (χ0v) is 16.4. The highest BCUT2D eigenvalue weighted by atomic mass is 16.3. The predicted octanol–water partition coefficient (Wildman–Crippen LogP) is 2.84. The number of nitrogens with zero attached hydrogens (tertiary/aromatic N) is 1. The third-order valence-electron chi connectivity index (χ3n) is 5.91. The van der Waals surface area contributed by atoms with Crippen LogP contribution in [0.1, 0.15) is 47.7 Å². The molecule has 1 amide bonds. The summed E-state index contributed by atoms with van der Waals surface area (Å²) < 4.78 is 0. The molecule has 0 aromatic heterocycles. The predicted molar refractivity (Wildman–Crippen MR) is 107 cm³/mol. The van der Waals surface area contributed by atoms with Crippen LogP contribution in [0.3, 0.4) is 0 Å². The molecule has 0 saturated carbocycles. The minimum atomic E-state index is -0.371. The van der Waals surface area contributed by atoms with Gasteiger partial charge in [-0.05, 0) is 55.2 Å². The molecule has 2 saturated heterocycles. The number of hydrogen-bond acceptors (Lipinski definition) is 5. The Bertz CT molecular complexity index is 891. The summed E-state index contributed by atoms with van der Waals surface area (Å²) >= 11 is 0. The summed E-state index contributed by atoms with van der Waals surface area (Å²) in [5.41, 5.74) is 10.2. The van der Waals surface area contributed by atoms with Crippen LogP contribution in [0.25, 0.3) is 0 Å². The van der Waals surface area contributed by atoms with Crippen LogP contribution in [-0.4, -0.2) is 33.6 Å². The first kappa shape index (κ1) is 18.8. The molecule has 4 unspecified atom stereocenters. The minimum absolute atomic E-state index is 0.0550. The molecule has 6 heteroatoms. The second-order valence-electron chi connectivity index (χ2n) is 7.91. The van der Waals surface area contributed by atoms with Gasteiger partial charge in [-0.2, -0.15) is 0 Å². The van der Waals surface area contributed by atoms with E-state index in [0.29, 0.717) is 6.54 Å². The third kappa shape index (κ3) is 2.93. The summed E-state index contributed by atoms with van der Waals surface area (Å²) in [6.45, 7) is 6.65. The van der Waals surface area contributed by atoms with Crippen molar-refractivity contribution in [3.63, 3.8) is 0 Å². The van der Waals surface area contributed by atoms with Crippen molar-refractivity contribution in [3.05, 3.63) is 58.7 Å². The Morgan fingerprint density at radius 2 is 1.82 bits per heavy atom. The van der Waals surface area contributed by atoms with Crippen LogP contribution in [0.4, 0.5) is 0 Å². The van der Waals surface area contributed by atoms with Gasteiger partial charge in [-0.25, -0.2) is 10.9 Å². The van der Waals surface area contributed by atoms with E-state index >= 15 is 0 Å². The zero-order chi connectivity index (χ0) is 20.0. The quantitative estimate of drug-likeness (QED) is 0.654. The molecular formula is C22H27N3O3. The van der Waals surface area contributed by atoms with Gasteiger partial charge in [-0.15, -0.1) is 0 Å². The summed E-state index contributed by atoms with van der Waals surface area (Å²) in [6, 6.07) is 10.2. The van der Waals surface area contributed by atoms with Crippen molar-refractivity contribution < 1.29 is 15.0 Å². The molecule has 6 nitrogen and oxygen atoms in total. The lowest BCUT2D eigenvalue weighted by Gasteiger charge is -2.32. The molecular weight excluding hydrogens is 354 g/mol. The van der Waals surface area contributed by atoms with Gasteiger partial charge in [0.25, 0.3) is 0 Å². The Morgan fingerprint density at radius 3 is 2.50 bits per heavy atom. The number of rotatable bonds is 4. The van der Waals surface area contributed by atoms with Crippen LogP contribution in [0.15, 0.2) is 36.4 Å². The number of nitrogens with one attached hydrogen (secondary N) is 2. The molecule has 0 aliphatic carbocycles. The van der Waals surface area contributed by atoms with Crippen molar-refractivity contribution in [3.8, 4) is 11.5 Å². The fraction of sp³-hybridized carbons (Fsp3) is 0.409. The highest BCUT2D eigenvalue weighted by Crippen LogP contribution is 2.49. The summed E-state index contributed by atoms with van der Waals surface area (Å²) in [4.78, 5) is 15.1. The Labute approximate surface area is 165 Å². The van der Waals surface area contributed by atoms with Crippen molar-refractivity contribution in [1.82, 2.24) is 15.8 Å². The molecule has 2 aromatic rings. The maximum absolute atomic E-state index is 13.1. The van der Waals surface area contributed by atoms with E-state index in [9.17, 15) is 15.0 Å². The lowest BCUT2D eigenvalue weighted by Crippen LogP contribution is -2.41. The van der Waals surface area contributed by atoms with E-state index in [0.717, 1.165) is 28.7 Å². The van der Waals surface area contributed by atoms with Crippen LogP contribution in [0.5, 0.6) is 11.5 Å². The van der Waals surface area contributed by atoms with E-state index in [1.54, 1.807) is 18.2 Å². The molecule has 0 spiro atoms. The van der Waals surface area contributed by atoms with Crippen molar-refractivity contribution in [2.75, 3.05) is 6.54 Å². The average molecular weight is 381 g/mol. The topological polar surface area (TPSA) is 84.8 Å². The molecule has 2 heterocycles. The van der Waals surface area contributed by atoms with Crippen LogP contribution >= 0.6 is 0 Å². The van der Waals surface area contributed by atoms with E-state index in [1.165, 1.54) is 0 Å². The number of carbonyl (C=O) groups is 1. The van der Waals surface area contributed by atoms with Crippen LogP contribution < -0.4 is 10.9 Å². The summed E-state index contributed by atoms with van der Waals surface area (Å²) in [6.07, 6.45) is 0.855. The van der Waals surface area contributed by atoms with Gasteiger partial charge in [0.05, 0.1) is 12.1 Å². The number of fused-ring (bicyclic) bond motifs is 1. The highest BCUT2D eigenvalue weighted by molar-refractivity contribution is 5.86. The largest absolute Gasteiger partial charge is 0.508 e. The molecule has 0 bridgehead atoms. The molecule has 0 radical (unpaired) electrons. The number of aromatic hydroxyl groups is 2. The highest BCUT2D eigenvalue weighted by Gasteiger charge is 2.55. The number of likely N-dealkylation sites (tertiary alicyclic amines) is 1. The second-order valence-corrected chi connectivity index (χ2v) is 7.91. The van der Waals surface area contributed by atoms with Crippen molar-refractivity contribution >= 4 is 5.91 Å². The summed E-state index contributed by atoms with van der Waals surface area (Å²) in [7, 11) is 0. The van der Waals surface area contributed by atoms with Crippen molar-refractivity contribution in [2.45, 2.75) is 45.3 Å². The third-order valence-corrected chi connectivity index (χ3v) is 5.91. The van der Waals surface area contributed by atoms with Crippen LogP contribution in [0.2, 0.25) is 0 Å². The Morgan fingerprint density at radius 1 is 1.07 bits per heavy atom. The van der Waals surface area contributed by atoms with Gasteiger partial charge >= 0.3 is 0 Å². The molecule has 2 aromatic carbocycles. The molecule has 148 valence electrons. The van der Waals surface area contributed by atoms with Gasteiger partial charge in [-0.3, -0.25) is 4.79 Å². The summed E-state index contributed by atoms with van der Waals surface area (Å²) in [5.74, 6) is 0.385. The molecule has 28 heavy (non-hydrogen) atoms. The number of hydrogen-bond donors (Lipinski definition) is 4. The number of benzene rings is 2. The molecule has 4 atom stereocenters. The van der Waals surface area contributed by atoms with Gasteiger partial charge in [0.15, 0.2) is 0 Å². The van der Waals surface area contributed by atoms with Crippen molar-refractivity contribution in [1.29, 1.82) is 0 Å². The maximum atomic E-state index is 13.1. The van der Waals surface area contributed by atoms with Crippen LogP contribution in [0, 0.1) is 19.8 Å². The number of phenols is 2. The lowest BCUT2D eigenvalue weighted by atomic mass is 9.81. The van der Waals surface area contributed by atoms with E-state index in [1.807, 2.05) is 36.9 Å². The standard InChI is InChI=1S/C22H27N3O3/c1-4-8-25-21(14-6-5-7-15(26)11-14)18-19(23-24-20(18)22(25)28)17-13(3)9-12(2)10-16(17)27/h5-7,9-11,18-21,23-24,26-27H,4,8H2,1-3H3. The lowest BCUT2D eigenvalue weighted by molar-refractivity contribution is -0.130.